The summed E-state index contributed by atoms with van der Waals surface area (Å²) < 4.78 is 5.92. The first-order chi connectivity index (χ1) is 7.16. The molecule has 2 N–H and O–H groups in total. The molecular formula is C11H12N2OS. The van der Waals surface area contributed by atoms with Gasteiger partial charge in [0.05, 0.1) is 6.04 Å². The third kappa shape index (κ3) is 1.36. The van der Waals surface area contributed by atoms with Crippen LogP contribution in [0.2, 0.25) is 0 Å². The molecule has 0 aliphatic carbocycles. The topological polar surface area (TPSA) is 33.3 Å². The monoisotopic (exact) mass is 220 g/mol. The average Bonchev–Trinajstić information content (AvgIpc) is 2.15. The fourth-order valence-corrected chi connectivity index (χ4v) is 2.64. The van der Waals surface area contributed by atoms with Crippen molar-refractivity contribution in [3.05, 3.63) is 29.8 Å². The number of rotatable bonds is 0. The van der Waals surface area contributed by atoms with Gasteiger partial charge < -0.3 is 15.4 Å². The zero-order valence-corrected chi connectivity index (χ0v) is 9.23. The zero-order valence-electron chi connectivity index (χ0n) is 8.41. The molecule has 1 aromatic rings. The van der Waals surface area contributed by atoms with Gasteiger partial charge in [0.1, 0.15) is 5.75 Å². The Kier molecular flexibility index (Phi) is 1.71. The molecule has 0 saturated carbocycles. The first kappa shape index (κ1) is 8.97. The van der Waals surface area contributed by atoms with E-state index in [1.165, 1.54) is 5.56 Å². The highest BCUT2D eigenvalue weighted by Crippen LogP contribution is 2.39. The van der Waals surface area contributed by atoms with Crippen LogP contribution in [0.25, 0.3) is 0 Å². The van der Waals surface area contributed by atoms with E-state index in [9.17, 15) is 0 Å². The van der Waals surface area contributed by atoms with Gasteiger partial charge in [-0.05, 0) is 25.2 Å². The second-order valence-electron chi connectivity index (χ2n) is 4.23. The fraction of sp³-hybridized carbons (Fsp3) is 0.364. The van der Waals surface area contributed by atoms with Crippen LogP contribution in [0.5, 0.6) is 5.75 Å². The van der Waals surface area contributed by atoms with Crippen LogP contribution in [0.15, 0.2) is 24.3 Å². The van der Waals surface area contributed by atoms with Crippen molar-refractivity contribution in [3.8, 4) is 5.75 Å². The molecule has 2 bridgehead atoms. The predicted molar refractivity (Wildman–Crippen MR) is 61.7 cm³/mol. The smallest absolute Gasteiger partial charge is 0.181 e. The lowest BCUT2D eigenvalue weighted by atomic mass is 9.92. The third-order valence-electron chi connectivity index (χ3n) is 2.91. The molecule has 78 valence electrons. The van der Waals surface area contributed by atoms with E-state index in [0.29, 0.717) is 5.11 Å². The number of thiocarbonyl (C=S) groups is 1. The Hall–Kier alpha value is -1.29. The molecule has 3 nitrogen and oxygen atoms in total. The zero-order chi connectivity index (χ0) is 10.5. The predicted octanol–water partition coefficient (Wildman–Crippen LogP) is 1.70. The molecule has 2 aliphatic heterocycles. The summed E-state index contributed by atoms with van der Waals surface area (Å²) in [7, 11) is 0. The summed E-state index contributed by atoms with van der Waals surface area (Å²) >= 11 is 5.16. The Morgan fingerprint density at radius 3 is 3.13 bits per heavy atom. The van der Waals surface area contributed by atoms with Crippen LogP contribution in [0.4, 0.5) is 0 Å². The summed E-state index contributed by atoms with van der Waals surface area (Å²) in [4.78, 5) is 0. The highest BCUT2D eigenvalue weighted by Gasteiger charge is 2.41. The van der Waals surface area contributed by atoms with E-state index < -0.39 is 0 Å². The number of hydrogen-bond acceptors (Lipinski definition) is 2. The first-order valence-electron chi connectivity index (χ1n) is 5.03. The lowest BCUT2D eigenvalue weighted by Gasteiger charge is -2.45. The van der Waals surface area contributed by atoms with E-state index in [4.69, 9.17) is 17.0 Å². The van der Waals surface area contributed by atoms with Crippen LogP contribution < -0.4 is 15.4 Å². The Morgan fingerprint density at radius 2 is 2.27 bits per heavy atom. The lowest BCUT2D eigenvalue weighted by Crippen LogP contribution is -2.62. The number of fused-ring (bicyclic) bond motifs is 4. The van der Waals surface area contributed by atoms with Gasteiger partial charge in [0.25, 0.3) is 0 Å². The van der Waals surface area contributed by atoms with E-state index in [0.717, 1.165) is 12.2 Å². The molecule has 2 atom stereocenters. The number of hydrogen-bond donors (Lipinski definition) is 2. The summed E-state index contributed by atoms with van der Waals surface area (Å²) in [5.74, 6) is 0.943. The van der Waals surface area contributed by atoms with Gasteiger partial charge in [0, 0.05) is 12.0 Å². The number of benzene rings is 1. The van der Waals surface area contributed by atoms with Crippen molar-refractivity contribution in [1.82, 2.24) is 10.6 Å². The molecular weight excluding hydrogens is 208 g/mol. The van der Waals surface area contributed by atoms with Gasteiger partial charge in [-0.2, -0.15) is 0 Å². The molecule has 0 aromatic heterocycles. The molecule has 0 spiro atoms. The molecule has 1 saturated heterocycles. The quantitative estimate of drug-likeness (QED) is 0.652. The van der Waals surface area contributed by atoms with Crippen LogP contribution in [0, 0.1) is 0 Å². The summed E-state index contributed by atoms with van der Waals surface area (Å²) in [5.41, 5.74) is 0.834. The van der Waals surface area contributed by atoms with E-state index in [1.54, 1.807) is 0 Å². The normalized spacial score (nSPS) is 32.1. The van der Waals surface area contributed by atoms with Crippen molar-refractivity contribution < 1.29 is 4.74 Å². The molecule has 2 aliphatic rings. The molecule has 0 amide bonds. The summed E-state index contributed by atoms with van der Waals surface area (Å²) in [6.07, 6.45) is 0.893. The molecule has 15 heavy (non-hydrogen) atoms. The average molecular weight is 220 g/mol. The number of ether oxygens (including phenoxy) is 1. The van der Waals surface area contributed by atoms with Gasteiger partial charge in [-0.25, -0.2) is 0 Å². The fourth-order valence-electron chi connectivity index (χ4n) is 2.29. The minimum absolute atomic E-state index is 0.272. The van der Waals surface area contributed by atoms with Crippen LogP contribution in [-0.4, -0.2) is 10.8 Å². The second kappa shape index (κ2) is 2.85. The largest absolute Gasteiger partial charge is 0.468 e. The maximum atomic E-state index is 5.92. The standard InChI is InChI=1S/C11H12N2OS/c1-11-6-8(12-10(15)13-11)7-4-2-3-5-9(7)14-11/h2-5,8H,6H2,1H3,(H2,12,13,15). The van der Waals surface area contributed by atoms with Crippen molar-refractivity contribution in [2.45, 2.75) is 25.1 Å². The highest BCUT2D eigenvalue weighted by molar-refractivity contribution is 7.80. The second-order valence-corrected chi connectivity index (χ2v) is 4.63. The van der Waals surface area contributed by atoms with E-state index in [-0.39, 0.29) is 11.8 Å². The number of nitrogens with one attached hydrogen (secondary N) is 2. The summed E-state index contributed by atoms with van der Waals surface area (Å²) in [6, 6.07) is 8.37. The Labute approximate surface area is 93.8 Å². The van der Waals surface area contributed by atoms with Gasteiger partial charge >= 0.3 is 0 Å². The molecule has 2 heterocycles. The van der Waals surface area contributed by atoms with Gasteiger partial charge in [-0.3, -0.25) is 0 Å². The van der Waals surface area contributed by atoms with Crippen molar-refractivity contribution >= 4 is 17.3 Å². The molecule has 4 heteroatoms. The van der Waals surface area contributed by atoms with Crippen molar-refractivity contribution in [1.29, 1.82) is 0 Å². The first-order valence-corrected chi connectivity index (χ1v) is 5.44. The van der Waals surface area contributed by atoms with E-state index in [2.05, 4.69) is 16.7 Å². The van der Waals surface area contributed by atoms with Crippen LogP contribution in [-0.2, 0) is 0 Å². The Bertz CT molecular complexity index is 434. The highest BCUT2D eigenvalue weighted by atomic mass is 32.1. The summed E-state index contributed by atoms with van der Waals surface area (Å²) in [5, 5.41) is 7.10. The van der Waals surface area contributed by atoms with E-state index in [1.807, 2.05) is 25.1 Å². The van der Waals surface area contributed by atoms with Crippen LogP contribution in [0.1, 0.15) is 24.9 Å². The Balaban J connectivity index is 2.10. The van der Waals surface area contributed by atoms with Gasteiger partial charge in [-0.15, -0.1) is 0 Å². The van der Waals surface area contributed by atoms with Gasteiger partial charge in [0.15, 0.2) is 10.8 Å². The van der Waals surface area contributed by atoms with Gasteiger partial charge in [0.2, 0.25) is 0 Å². The molecule has 3 rings (SSSR count). The van der Waals surface area contributed by atoms with Crippen molar-refractivity contribution in [3.63, 3.8) is 0 Å². The molecule has 0 radical (unpaired) electrons. The molecule has 1 aromatic carbocycles. The minimum Gasteiger partial charge on any atom is -0.468 e. The van der Waals surface area contributed by atoms with Crippen LogP contribution in [0.3, 0.4) is 0 Å². The number of para-hydroxylation sites is 1. The lowest BCUT2D eigenvalue weighted by molar-refractivity contribution is 0.0251. The maximum absolute atomic E-state index is 5.92. The molecule has 1 fully saturated rings. The van der Waals surface area contributed by atoms with Crippen LogP contribution >= 0.6 is 12.2 Å². The van der Waals surface area contributed by atoms with Gasteiger partial charge in [-0.1, -0.05) is 18.2 Å². The minimum atomic E-state index is -0.360. The Morgan fingerprint density at radius 1 is 1.47 bits per heavy atom. The summed E-state index contributed by atoms with van der Waals surface area (Å²) in [6.45, 7) is 2.03. The van der Waals surface area contributed by atoms with Crippen molar-refractivity contribution in [2.75, 3.05) is 0 Å². The van der Waals surface area contributed by atoms with E-state index >= 15 is 0 Å². The maximum Gasteiger partial charge on any atom is 0.181 e. The van der Waals surface area contributed by atoms with Crippen molar-refractivity contribution in [2.24, 2.45) is 0 Å². The molecule has 2 unspecified atom stereocenters. The SMILES string of the molecule is CC12CC(NC(=S)N1)c1ccccc1O2. The third-order valence-corrected chi connectivity index (χ3v) is 3.13.